The molecule has 0 unspecified atom stereocenters. The number of ether oxygens (including phenoxy) is 1. The summed E-state index contributed by atoms with van der Waals surface area (Å²) in [6.45, 7) is 4.34. The Balaban J connectivity index is 1.99. The van der Waals surface area contributed by atoms with Crippen molar-refractivity contribution in [3.05, 3.63) is 34.3 Å². The van der Waals surface area contributed by atoms with Crippen molar-refractivity contribution < 1.29 is 4.74 Å². The van der Waals surface area contributed by atoms with Gasteiger partial charge in [0.1, 0.15) is 0 Å². The van der Waals surface area contributed by atoms with Gasteiger partial charge in [-0.25, -0.2) is 4.98 Å². The fourth-order valence-corrected chi connectivity index (χ4v) is 2.27. The second kappa shape index (κ2) is 5.84. The first kappa shape index (κ1) is 12.1. The van der Waals surface area contributed by atoms with Crippen LogP contribution in [0.15, 0.2) is 23.7 Å². The molecule has 0 aliphatic heterocycles. The number of thiophene rings is 1. The molecule has 2 heterocycles. The van der Waals surface area contributed by atoms with Crippen LogP contribution in [0.4, 0.5) is 5.95 Å². The molecule has 0 bridgehead atoms. The first-order valence-corrected chi connectivity index (χ1v) is 6.46. The average molecular weight is 251 g/mol. The van der Waals surface area contributed by atoms with Crippen LogP contribution in [0.3, 0.4) is 0 Å². The van der Waals surface area contributed by atoms with E-state index in [9.17, 15) is 0 Å². The van der Waals surface area contributed by atoms with Crippen LogP contribution in [0.2, 0.25) is 0 Å². The van der Waals surface area contributed by atoms with Crippen molar-refractivity contribution in [2.75, 3.05) is 19.0 Å². The maximum Gasteiger partial charge on any atom is 0.203 e. The number of hydrogen-bond acceptors (Lipinski definition) is 4. The molecule has 4 nitrogen and oxygen atoms in total. The van der Waals surface area contributed by atoms with E-state index in [0.717, 1.165) is 24.7 Å². The summed E-state index contributed by atoms with van der Waals surface area (Å²) in [6.07, 6.45) is 2.04. The molecule has 0 aromatic carbocycles. The number of rotatable bonds is 6. The molecule has 2 aromatic rings. The molecule has 2 aromatic heterocycles. The molecule has 0 aliphatic rings. The first-order valence-electron chi connectivity index (χ1n) is 5.58. The zero-order valence-corrected chi connectivity index (χ0v) is 11.0. The largest absolute Gasteiger partial charge is 0.383 e. The van der Waals surface area contributed by atoms with E-state index in [1.54, 1.807) is 18.4 Å². The van der Waals surface area contributed by atoms with E-state index in [0.29, 0.717) is 6.61 Å². The lowest BCUT2D eigenvalue weighted by Crippen LogP contribution is -2.09. The Bertz CT molecular complexity index is 450. The van der Waals surface area contributed by atoms with Gasteiger partial charge >= 0.3 is 0 Å². The molecule has 0 aliphatic carbocycles. The van der Waals surface area contributed by atoms with Crippen LogP contribution in [-0.2, 0) is 17.8 Å². The number of aryl methyl sites for hydroxylation is 1. The molecule has 1 N–H and O–H groups in total. The van der Waals surface area contributed by atoms with Crippen molar-refractivity contribution in [3.63, 3.8) is 0 Å². The molecule has 17 heavy (non-hydrogen) atoms. The lowest BCUT2D eigenvalue weighted by Gasteiger charge is -2.08. The minimum Gasteiger partial charge on any atom is -0.383 e. The SMILES string of the molecule is COCCn1cc(C)nc1NCc1cccs1. The number of methoxy groups -OCH3 is 1. The van der Waals surface area contributed by atoms with Crippen LogP contribution in [0, 0.1) is 6.92 Å². The molecule has 5 heteroatoms. The quantitative estimate of drug-likeness (QED) is 0.857. The Morgan fingerprint density at radius 2 is 2.41 bits per heavy atom. The van der Waals surface area contributed by atoms with Crippen molar-refractivity contribution >= 4 is 17.3 Å². The molecule has 0 atom stereocenters. The molecule has 0 amide bonds. The number of nitrogens with one attached hydrogen (secondary N) is 1. The Kier molecular flexibility index (Phi) is 4.17. The highest BCUT2D eigenvalue weighted by molar-refractivity contribution is 7.09. The van der Waals surface area contributed by atoms with Crippen LogP contribution in [-0.4, -0.2) is 23.3 Å². The predicted octanol–water partition coefficient (Wildman–Crippen LogP) is 2.51. The number of imidazole rings is 1. The van der Waals surface area contributed by atoms with Crippen molar-refractivity contribution in [3.8, 4) is 0 Å². The fraction of sp³-hybridized carbons (Fsp3) is 0.417. The van der Waals surface area contributed by atoms with Gasteiger partial charge < -0.3 is 14.6 Å². The monoisotopic (exact) mass is 251 g/mol. The van der Waals surface area contributed by atoms with Gasteiger partial charge in [-0.2, -0.15) is 0 Å². The fourth-order valence-electron chi connectivity index (χ4n) is 1.63. The van der Waals surface area contributed by atoms with Gasteiger partial charge in [0.05, 0.1) is 18.8 Å². The minimum atomic E-state index is 0.698. The van der Waals surface area contributed by atoms with Gasteiger partial charge in [-0.1, -0.05) is 6.07 Å². The molecule has 0 fully saturated rings. The molecule has 0 radical (unpaired) electrons. The molecule has 0 spiro atoms. The Morgan fingerprint density at radius 1 is 1.53 bits per heavy atom. The summed E-state index contributed by atoms with van der Waals surface area (Å²) in [5.41, 5.74) is 1.02. The highest BCUT2D eigenvalue weighted by Crippen LogP contribution is 2.13. The Labute approximate surface area is 105 Å². The first-order chi connectivity index (χ1) is 8.29. The van der Waals surface area contributed by atoms with Gasteiger partial charge in [0.25, 0.3) is 0 Å². The van der Waals surface area contributed by atoms with Crippen LogP contribution in [0.25, 0.3) is 0 Å². The average Bonchev–Trinajstić information content (AvgIpc) is 2.93. The van der Waals surface area contributed by atoms with E-state index >= 15 is 0 Å². The summed E-state index contributed by atoms with van der Waals surface area (Å²) in [4.78, 5) is 5.77. The third kappa shape index (κ3) is 3.31. The lowest BCUT2D eigenvalue weighted by atomic mass is 10.5. The number of nitrogens with zero attached hydrogens (tertiary/aromatic N) is 2. The topological polar surface area (TPSA) is 39.1 Å². The van der Waals surface area contributed by atoms with E-state index in [2.05, 4.69) is 32.4 Å². The van der Waals surface area contributed by atoms with Crippen LogP contribution < -0.4 is 5.32 Å². The van der Waals surface area contributed by atoms with Crippen molar-refractivity contribution in [2.24, 2.45) is 0 Å². The van der Waals surface area contributed by atoms with E-state index < -0.39 is 0 Å². The molecular formula is C12H17N3OS. The van der Waals surface area contributed by atoms with Crippen LogP contribution in [0.5, 0.6) is 0 Å². The summed E-state index contributed by atoms with van der Waals surface area (Å²) in [5, 5.41) is 5.44. The van der Waals surface area contributed by atoms with Crippen molar-refractivity contribution in [1.82, 2.24) is 9.55 Å². The summed E-state index contributed by atoms with van der Waals surface area (Å²) >= 11 is 1.75. The normalized spacial score (nSPS) is 10.7. The minimum absolute atomic E-state index is 0.698. The van der Waals surface area contributed by atoms with Crippen LogP contribution >= 0.6 is 11.3 Å². The molecule has 92 valence electrons. The standard InChI is InChI=1S/C12H17N3OS/c1-10-9-15(5-6-16-2)12(14-10)13-8-11-4-3-7-17-11/h3-4,7,9H,5-6,8H2,1-2H3,(H,13,14). The predicted molar refractivity (Wildman–Crippen MR) is 70.5 cm³/mol. The van der Waals surface area contributed by atoms with Gasteiger partial charge in [-0.15, -0.1) is 11.3 Å². The maximum absolute atomic E-state index is 5.09. The van der Waals surface area contributed by atoms with Gasteiger partial charge in [-0.05, 0) is 18.4 Å². The maximum atomic E-state index is 5.09. The second-order valence-corrected chi connectivity index (χ2v) is 4.86. The van der Waals surface area contributed by atoms with Gasteiger partial charge in [-0.3, -0.25) is 0 Å². The van der Waals surface area contributed by atoms with Gasteiger partial charge in [0.2, 0.25) is 5.95 Å². The number of anilines is 1. The van der Waals surface area contributed by atoms with E-state index in [4.69, 9.17) is 4.74 Å². The summed E-state index contributed by atoms with van der Waals surface area (Å²) in [5.74, 6) is 0.910. The summed E-state index contributed by atoms with van der Waals surface area (Å²) in [6, 6.07) is 4.18. The second-order valence-electron chi connectivity index (χ2n) is 3.83. The molecular weight excluding hydrogens is 234 g/mol. The smallest absolute Gasteiger partial charge is 0.203 e. The van der Waals surface area contributed by atoms with Crippen molar-refractivity contribution in [1.29, 1.82) is 0 Å². The lowest BCUT2D eigenvalue weighted by molar-refractivity contribution is 0.187. The van der Waals surface area contributed by atoms with E-state index in [1.807, 2.05) is 13.1 Å². The third-order valence-electron chi connectivity index (χ3n) is 2.43. The van der Waals surface area contributed by atoms with Crippen molar-refractivity contribution in [2.45, 2.75) is 20.0 Å². The van der Waals surface area contributed by atoms with E-state index in [1.165, 1.54) is 4.88 Å². The zero-order chi connectivity index (χ0) is 12.1. The van der Waals surface area contributed by atoms with E-state index in [-0.39, 0.29) is 0 Å². The number of hydrogen-bond donors (Lipinski definition) is 1. The highest BCUT2D eigenvalue weighted by atomic mass is 32.1. The molecule has 0 saturated carbocycles. The van der Waals surface area contributed by atoms with Crippen LogP contribution in [0.1, 0.15) is 10.6 Å². The Hall–Kier alpha value is -1.33. The zero-order valence-electron chi connectivity index (χ0n) is 10.1. The summed E-state index contributed by atoms with van der Waals surface area (Å²) < 4.78 is 7.18. The molecule has 0 saturated heterocycles. The molecule has 2 rings (SSSR count). The third-order valence-corrected chi connectivity index (χ3v) is 3.31. The Morgan fingerprint density at radius 3 is 3.12 bits per heavy atom. The highest BCUT2D eigenvalue weighted by Gasteiger charge is 2.05. The summed E-state index contributed by atoms with van der Waals surface area (Å²) in [7, 11) is 1.71. The van der Waals surface area contributed by atoms with Gasteiger partial charge in [0.15, 0.2) is 0 Å². The van der Waals surface area contributed by atoms with Gasteiger partial charge in [0, 0.05) is 24.7 Å². The number of aromatic nitrogens is 2.